The molecule has 18 atom stereocenters. The maximum absolute atomic E-state index is 14.7. The number of esters is 1. The zero-order valence-corrected chi connectivity index (χ0v) is 40.7. The maximum Gasteiger partial charge on any atom is 0.311 e. The number of cyclic esters (lactones) is 1. The summed E-state index contributed by atoms with van der Waals surface area (Å²) in [4.78, 5) is 44.1. The van der Waals surface area contributed by atoms with E-state index in [2.05, 4.69) is 5.32 Å². The van der Waals surface area contributed by atoms with Crippen molar-refractivity contribution in [2.75, 3.05) is 27.7 Å². The molecule has 3 aliphatic heterocycles. The fourth-order valence-corrected chi connectivity index (χ4v) is 10.1. The van der Waals surface area contributed by atoms with Crippen LogP contribution in [0.5, 0.6) is 0 Å². The summed E-state index contributed by atoms with van der Waals surface area (Å²) in [6.45, 7) is 14.3. The highest BCUT2D eigenvalue weighted by atomic mass is 16.7. The SMILES string of the molecule is COC1(C)CC(O[C@H]2[C@H](C)[C@@H](OC3OC(C)CC(N(C)C)C3O)[C@](C)(O)C[C@@H](C)C(=O)[C@H](C)[C@@H](O)[C@](C)(O)[C@@H](CCNC(=O)Cc3cccc(-c4ccoc4)c3)OC(=O)[C@@H]2C)OC(C)C1O. The Hall–Kier alpha value is -3.33. The molecule has 1 amide bonds. The number of carbonyl (C=O) groups is 3. The van der Waals surface area contributed by atoms with Crippen LogP contribution in [0.1, 0.15) is 93.6 Å². The molecule has 6 N–H and O–H groups in total. The molecule has 0 saturated carbocycles. The molecule has 0 aliphatic carbocycles. The first-order valence-electron chi connectivity index (χ1n) is 23.3. The molecule has 0 radical (unpaired) electrons. The van der Waals surface area contributed by atoms with E-state index in [1.807, 2.05) is 56.3 Å². The number of nitrogens with zero attached hydrogens (tertiary/aromatic N) is 1. The molecule has 17 nitrogen and oxygen atoms in total. The molecule has 2 aromatic rings. The molecule has 3 aliphatic rings. The monoisotopic (exact) mass is 933 g/mol. The van der Waals surface area contributed by atoms with Crippen LogP contribution in [0.3, 0.4) is 0 Å². The zero-order chi connectivity index (χ0) is 49.1. The number of rotatable bonds is 12. The number of hydrogen-bond donors (Lipinski definition) is 6. The second-order valence-corrected chi connectivity index (χ2v) is 20.1. The third-order valence-electron chi connectivity index (χ3n) is 14.3. The predicted molar refractivity (Wildman–Crippen MR) is 241 cm³/mol. The molecule has 3 fully saturated rings. The number of ketones is 1. The minimum atomic E-state index is -2.22. The van der Waals surface area contributed by atoms with E-state index in [9.17, 15) is 39.9 Å². The number of carbonyl (C=O) groups excluding carboxylic acids is 3. The molecule has 0 spiro atoms. The van der Waals surface area contributed by atoms with Crippen LogP contribution in [-0.2, 0) is 49.2 Å². The van der Waals surface area contributed by atoms with Crippen LogP contribution in [0.15, 0.2) is 47.3 Å². The Balaban J connectivity index is 1.50. The van der Waals surface area contributed by atoms with Crippen LogP contribution in [0.2, 0.25) is 0 Å². The van der Waals surface area contributed by atoms with E-state index in [1.54, 1.807) is 47.1 Å². The molecule has 3 saturated heterocycles. The molecule has 1 aromatic carbocycles. The Morgan fingerprint density at radius 3 is 2.24 bits per heavy atom. The molecule has 1 aromatic heterocycles. The number of likely N-dealkylation sites (N-methyl/N-ethyl adjacent to an activating group) is 1. The van der Waals surface area contributed by atoms with Crippen LogP contribution < -0.4 is 5.32 Å². The van der Waals surface area contributed by atoms with E-state index < -0.39 is 108 Å². The smallest absolute Gasteiger partial charge is 0.311 e. The van der Waals surface area contributed by atoms with E-state index >= 15 is 0 Å². The maximum atomic E-state index is 14.7. The Kier molecular flexibility index (Phi) is 17.8. The van der Waals surface area contributed by atoms with Gasteiger partial charge in [-0.3, -0.25) is 14.4 Å². The van der Waals surface area contributed by atoms with Crippen molar-refractivity contribution in [3.63, 3.8) is 0 Å². The number of Topliss-reactive ketones (excluding diaryl/α,β-unsaturated/α-hetero) is 1. The lowest BCUT2D eigenvalue weighted by Crippen LogP contribution is -2.61. The van der Waals surface area contributed by atoms with Crippen LogP contribution in [0.4, 0.5) is 0 Å². The molecule has 8 unspecified atom stereocenters. The van der Waals surface area contributed by atoms with Crippen molar-refractivity contribution in [1.29, 1.82) is 0 Å². The Labute approximate surface area is 389 Å². The Morgan fingerprint density at radius 1 is 0.909 bits per heavy atom. The van der Waals surface area contributed by atoms with Gasteiger partial charge >= 0.3 is 5.97 Å². The third kappa shape index (κ3) is 12.3. The average molecular weight is 933 g/mol. The number of nitrogens with one attached hydrogen (secondary N) is 1. The van der Waals surface area contributed by atoms with Crippen molar-refractivity contribution in [2.45, 2.75) is 179 Å². The molecule has 5 rings (SSSR count). The highest BCUT2D eigenvalue weighted by Gasteiger charge is 2.53. The fourth-order valence-electron chi connectivity index (χ4n) is 10.1. The number of furan rings is 1. The summed E-state index contributed by atoms with van der Waals surface area (Å²) in [5.41, 5.74) is -2.73. The molecule has 0 bridgehead atoms. The summed E-state index contributed by atoms with van der Waals surface area (Å²) < 4.78 is 42.9. The van der Waals surface area contributed by atoms with Gasteiger partial charge < -0.3 is 68.6 Å². The molecule has 4 heterocycles. The predicted octanol–water partition coefficient (Wildman–Crippen LogP) is 3.38. The molecule has 17 heteroatoms. The van der Waals surface area contributed by atoms with E-state index in [0.717, 1.165) is 16.7 Å². The number of methoxy groups -OCH3 is 1. The van der Waals surface area contributed by atoms with Crippen molar-refractivity contribution in [2.24, 2.45) is 23.7 Å². The quantitative estimate of drug-likeness (QED) is 0.167. The van der Waals surface area contributed by atoms with Gasteiger partial charge in [-0.25, -0.2) is 0 Å². The van der Waals surface area contributed by atoms with Gasteiger partial charge in [0.1, 0.15) is 29.7 Å². The average Bonchev–Trinajstić information content (AvgIpc) is 3.81. The zero-order valence-electron chi connectivity index (χ0n) is 40.7. The lowest BCUT2D eigenvalue weighted by atomic mass is 9.74. The minimum Gasteiger partial charge on any atom is -0.472 e. The highest BCUT2D eigenvalue weighted by molar-refractivity contribution is 5.83. The largest absolute Gasteiger partial charge is 0.472 e. The van der Waals surface area contributed by atoms with Gasteiger partial charge in [-0.1, -0.05) is 45.0 Å². The number of ether oxygens (including phenoxy) is 6. The first-order chi connectivity index (χ1) is 30.8. The van der Waals surface area contributed by atoms with Crippen LogP contribution in [0, 0.1) is 23.7 Å². The first kappa shape index (κ1) is 53.6. The van der Waals surface area contributed by atoms with Gasteiger partial charge in [0.15, 0.2) is 12.6 Å². The van der Waals surface area contributed by atoms with E-state index in [4.69, 9.17) is 32.8 Å². The van der Waals surface area contributed by atoms with Crippen molar-refractivity contribution in [3.05, 3.63) is 48.4 Å². The van der Waals surface area contributed by atoms with Crippen LogP contribution in [-0.4, -0.2) is 160 Å². The van der Waals surface area contributed by atoms with Crippen LogP contribution >= 0.6 is 0 Å². The normalized spacial score (nSPS) is 41.0. The topological polar surface area (TPSA) is 236 Å². The Morgan fingerprint density at radius 2 is 1.61 bits per heavy atom. The number of aliphatic hydroxyl groups excluding tert-OH is 3. The minimum absolute atomic E-state index is 0.0260. The molecular formula is C49H76N2O15. The summed E-state index contributed by atoms with van der Waals surface area (Å²) >= 11 is 0. The number of hydrogen-bond acceptors (Lipinski definition) is 16. The number of amides is 1. The number of aliphatic hydroxyl groups is 5. The summed E-state index contributed by atoms with van der Waals surface area (Å²) in [5, 5.41) is 62.1. The lowest BCUT2D eigenvalue weighted by Gasteiger charge is -2.49. The first-order valence-corrected chi connectivity index (χ1v) is 23.3. The van der Waals surface area contributed by atoms with Gasteiger partial charge in [0, 0.05) is 55.9 Å². The van der Waals surface area contributed by atoms with Gasteiger partial charge in [0.2, 0.25) is 5.91 Å². The lowest BCUT2D eigenvalue weighted by molar-refractivity contribution is -0.318. The summed E-state index contributed by atoms with van der Waals surface area (Å²) in [7, 11) is 5.14. The second-order valence-electron chi connectivity index (χ2n) is 20.1. The number of benzene rings is 1. The van der Waals surface area contributed by atoms with Gasteiger partial charge in [-0.2, -0.15) is 0 Å². The summed E-state index contributed by atoms with van der Waals surface area (Å²) in [6.07, 6.45) is -7.94. The molecule has 372 valence electrons. The van der Waals surface area contributed by atoms with Crippen molar-refractivity contribution >= 4 is 17.7 Å². The second kappa shape index (κ2) is 22.0. The van der Waals surface area contributed by atoms with Crippen LogP contribution in [0.25, 0.3) is 11.1 Å². The third-order valence-corrected chi connectivity index (χ3v) is 14.3. The van der Waals surface area contributed by atoms with Gasteiger partial charge in [-0.15, -0.1) is 0 Å². The summed E-state index contributed by atoms with van der Waals surface area (Å²) in [5.74, 6) is -5.96. The summed E-state index contributed by atoms with van der Waals surface area (Å²) in [6, 6.07) is 8.89. The highest BCUT2D eigenvalue weighted by Crippen LogP contribution is 2.41. The van der Waals surface area contributed by atoms with Crippen molar-refractivity contribution < 1.29 is 72.8 Å². The van der Waals surface area contributed by atoms with Crippen molar-refractivity contribution in [1.82, 2.24) is 10.2 Å². The molecule has 66 heavy (non-hydrogen) atoms. The molecular weight excluding hydrogens is 857 g/mol. The van der Waals surface area contributed by atoms with Crippen molar-refractivity contribution in [3.8, 4) is 11.1 Å². The standard InChI is InChI=1S/C49H76N2O15/c1-26-23-47(7,58)44(66-46-40(54)35(51(10)11)20-27(2)62-46)29(4)41(65-38-24-48(8,60-12)43(56)31(6)63-38)30(5)45(57)64-36(49(9,59)42(55)28(3)39(26)53)16-18-50-37(52)22-32-14-13-15-33(21-32)34-17-19-61-25-34/h13-15,17,19,21,25-31,35-36,38,40-44,46,54-56,58-59H,16,18,20,22-24H2,1-12H3,(H,50,52)/t26-,27?,28+,29+,30-,31?,35?,36-,38?,40?,41+,42-,43?,44-,46?,47-,48?,49-/m1/s1. The van der Waals surface area contributed by atoms with E-state index in [1.165, 1.54) is 27.9 Å². The van der Waals surface area contributed by atoms with Gasteiger partial charge in [0.05, 0.1) is 66.6 Å². The fraction of sp³-hybridized carbons (Fsp3) is 0.735. The van der Waals surface area contributed by atoms with E-state index in [0.29, 0.717) is 6.42 Å². The Bertz CT molecular complexity index is 1910. The van der Waals surface area contributed by atoms with Gasteiger partial charge in [-0.05, 0) is 85.7 Å². The van der Waals surface area contributed by atoms with E-state index in [-0.39, 0.29) is 50.3 Å². The van der Waals surface area contributed by atoms with Gasteiger partial charge in [0.25, 0.3) is 0 Å².